The molecule has 3 aromatic rings. The van der Waals surface area contributed by atoms with Gasteiger partial charge >= 0.3 is 0 Å². The number of hydrogen-bond donors (Lipinski definition) is 2. The first-order valence-electron chi connectivity index (χ1n) is 8.78. The molecule has 0 atom stereocenters. The van der Waals surface area contributed by atoms with Crippen molar-refractivity contribution < 1.29 is 13.2 Å². The molecule has 0 saturated carbocycles. The predicted molar refractivity (Wildman–Crippen MR) is 107 cm³/mol. The number of thiazole rings is 1. The summed E-state index contributed by atoms with van der Waals surface area (Å²) < 4.78 is 28.9. The number of fused-ring (bicyclic) bond motifs is 2. The van der Waals surface area contributed by atoms with Gasteiger partial charge in [0, 0.05) is 25.1 Å². The van der Waals surface area contributed by atoms with Crippen molar-refractivity contribution in [3.05, 3.63) is 53.0 Å². The Kier molecular flexibility index (Phi) is 4.94. The number of amides is 1. The highest BCUT2D eigenvalue weighted by atomic mass is 32.2. The highest BCUT2D eigenvalue weighted by molar-refractivity contribution is 7.89. The largest absolute Gasteiger partial charge is 0.326 e. The number of carbonyl (C=O) groups excluding carboxylic acids is 1. The smallest absolute Gasteiger partial charge is 0.240 e. The van der Waals surface area contributed by atoms with E-state index in [0.717, 1.165) is 27.2 Å². The Morgan fingerprint density at radius 1 is 1.15 bits per heavy atom. The van der Waals surface area contributed by atoms with Crippen LogP contribution in [-0.2, 0) is 27.7 Å². The molecule has 0 radical (unpaired) electrons. The molecule has 2 aromatic carbocycles. The minimum atomic E-state index is -3.57. The zero-order valence-electron chi connectivity index (χ0n) is 14.6. The molecule has 1 aromatic heterocycles. The van der Waals surface area contributed by atoms with Gasteiger partial charge in [0.25, 0.3) is 0 Å². The van der Waals surface area contributed by atoms with E-state index >= 15 is 0 Å². The Labute approximate surface area is 161 Å². The minimum absolute atomic E-state index is 0.0360. The maximum Gasteiger partial charge on any atom is 0.240 e. The van der Waals surface area contributed by atoms with Crippen LogP contribution >= 0.6 is 11.3 Å². The summed E-state index contributed by atoms with van der Waals surface area (Å²) >= 11 is 1.64. The topological polar surface area (TPSA) is 88.2 Å². The maximum atomic E-state index is 12.5. The van der Waals surface area contributed by atoms with Crippen molar-refractivity contribution >= 4 is 43.2 Å². The van der Waals surface area contributed by atoms with Gasteiger partial charge in [-0.2, -0.15) is 0 Å². The Morgan fingerprint density at radius 2 is 2.00 bits per heavy atom. The predicted octanol–water partition coefficient (Wildman–Crippen LogP) is 3.09. The second-order valence-corrected chi connectivity index (χ2v) is 9.33. The molecule has 2 heterocycles. The highest BCUT2D eigenvalue weighted by Gasteiger charge is 2.19. The molecule has 1 aliphatic rings. The van der Waals surface area contributed by atoms with E-state index in [1.54, 1.807) is 23.5 Å². The third kappa shape index (κ3) is 4.02. The van der Waals surface area contributed by atoms with Gasteiger partial charge in [0.1, 0.15) is 0 Å². The van der Waals surface area contributed by atoms with Crippen LogP contribution in [0.2, 0.25) is 0 Å². The number of rotatable bonds is 6. The van der Waals surface area contributed by atoms with Crippen molar-refractivity contribution in [1.29, 1.82) is 0 Å². The van der Waals surface area contributed by atoms with Gasteiger partial charge in [-0.15, -0.1) is 11.3 Å². The molecule has 0 saturated heterocycles. The molecule has 27 heavy (non-hydrogen) atoms. The van der Waals surface area contributed by atoms with Crippen molar-refractivity contribution in [2.45, 2.75) is 30.6 Å². The Bertz CT molecular complexity index is 1070. The van der Waals surface area contributed by atoms with Crippen LogP contribution in [0.1, 0.15) is 23.4 Å². The van der Waals surface area contributed by atoms with Crippen molar-refractivity contribution in [3.8, 4) is 0 Å². The fourth-order valence-electron chi connectivity index (χ4n) is 3.08. The van der Waals surface area contributed by atoms with E-state index in [2.05, 4.69) is 15.0 Å². The summed E-state index contributed by atoms with van der Waals surface area (Å²) in [5.74, 6) is -0.0360. The summed E-state index contributed by atoms with van der Waals surface area (Å²) in [6.45, 7) is 0.353. The van der Waals surface area contributed by atoms with E-state index < -0.39 is 10.0 Å². The molecule has 6 nitrogen and oxygen atoms in total. The van der Waals surface area contributed by atoms with Crippen molar-refractivity contribution in [3.63, 3.8) is 0 Å². The molecule has 8 heteroatoms. The summed E-state index contributed by atoms with van der Waals surface area (Å²) in [5.41, 5.74) is 2.53. The molecule has 0 unspecified atom stereocenters. The molecule has 0 aliphatic carbocycles. The first-order valence-corrected chi connectivity index (χ1v) is 11.1. The third-order valence-electron chi connectivity index (χ3n) is 4.48. The number of aromatic nitrogens is 1. The minimum Gasteiger partial charge on any atom is -0.326 e. The van der Waals surface area contributed by atoms with Gasteiger partial charge in [-0.25, -0.2) is 18.1 Å². The van der Waals surface area contributed by atoms with Gasteiger partial charge in [-0.3, -0.25) is 4.79 Å². The number of aryl methyl sites for hydroxylation is 2. The SMILES string of the molecule is O=C1CCc2cc(S(=O)(=O)NCCCc3nc4ccccc4s3)ccc2N1. The normalized spacial score (nSPS) is 14.1. The Morgan fingerprint density at radius 3 is 2.85 bits per heavy atom. The fourth-order valence-corrected chi connectivity index (χ4v) is 5.22. The van der Waals surface area contributed by atoms with E-state index in [0.29, 0.717) is 31.5 Å². The van der Waals surface area contributed by atoms with Gasteiger partial charge in [0.05, 0.1) is 20.1 Å². The second-order valence-electron chi connectivity index (χ2n) is 6.44. The second kappa shape index (κ2) is 7.38. The lowest BCUT2D eigenvalue weighted by atomic mass is 10.0. The van der Waals surface area contributed by atoms with Crippen molar-refractivity contribution in [1.82, 2.24) is 9.71 Å². The van der Waals surface area contributed by atoms with Crippen LogP contribution in [0.25, 0.3) is 10.2 Å². The molecule has 4 rings (SSSR count). The van der Waals surface area contributed by atoms with Crippen molar-refractivity contribution in [2.24, 2.45) is 0 Å². The average molecular weight is 402 g/mol. The van der Waals surface area contributed by atoms with Gasteiger partial charge in [0.15, 0.2) is 0 Å². The van der Waals surface area contributed by atoms with E-state index in [-0.39, 0.29) is 10.8 Å². The molecule has 0 fully saturated rings. The third-order valence-corrected chi connectivity index (χ3v) is 7.04. The zero-order valence-corrected chi connectivity index (χ0v) is 16.2. The van der Waals surface area contributed by atoms with Crippen LogP contribution in [0.4, 0.5) is 5.69 Å². The van der Waals surface area contributed by atoms with Crippen LogP contribution in [0, 0.1) is 0 Å². The van der Waals surface area contributed by atoms with Gasteiger partial charge in [0.2, 0.25) is 15.9 Å². The zero-order chi connectivity index (χ0) is 18.9. The Hall–Kier alpha value is -2.29. The summed E-state index contributed by atoms with van der Waals surface area (Å²) in [4.78, 5) is 16.2. The molecule has 0 spiro atoms. The summed E-state index contributed by atoms with van der Waals surface area (Å²) in [6.07, 6.45) is 2.35. The van der Waals surface area contributed by atoms with Crippen LogP contribution < -0.4 is 10.0 Å². The first kappa shape index (κ1) is 18.1. The number of hydrogen-bond acceptors (Lipinski definition) is 5. The lowest BCUT2D eigenvalue weighted by molar-refractivity contribution is -0.116. The van der Waals surface area contributed by atoms with Crippen LogP contribution in [-0.4, -0.2) is 25.9 Å². The number of anilines is 1. The van der Waals surface area contributed by atoms with Gasteiger partial charge in [-0.05, 0) is 48.7 Å². The standard InChI is InChI=1S/C19H19N3O3S2/c23-18-10-7-13-12-14(8-9-15(13)21-18)27(24,25)20-11-3-6-19-22-16-4-1-2-5-17(16)26-19/h1-2,4-5,8-9,12,20H,3,6-7,10-11H2,(H,21,23). The highest BCUT2D eigenvalue weighted by Crippen LogP contribution is 2.25. The number of para-hydroxylation sites is 1. The lowest BCUT2D eigenvalue weighted by Gasteiger charge is -2.17. The maximum absolute atomic E-state index is 12.5. The first-order chi connectivity index (χ1) is 13.0. The summed E-state index contributed by atoms with van der Waals surface area (Å²) in [5, 5.41) is 3.77. The average Bonchev–Trinajstić information content (AvgIpc) is 3.07. The van der Waals surface area contributed by atoms with E-state index in [9.17, 15) is 13.2 Å². The van der Waals surface area contributed by atoms with Gasteiger partial charge < -0.3 is 5.32 Å². The molecule has 2 N–H and O–H groups in total. The van der Waals surface area contributed by atoms with E-state index in [1.807, 2.05) is 24.3 Å². The molecule has 140 valence electrons. The van der Waals surface area contributed by atoms with E-state index in [1.165, 1.54) is 6.07 Å². The van der Waals surface area contributed by atoms with Crippen molar-refractivity contribution in [2.75, 3.05) is 11.9 Å². The fraction of sp³-hybridized carbons (Fsp3) is 0.263. The molecular formula is C19H19N3O3S2. The number of sulfonamides is 1. The number of nitrogens with one attached hydrogen (secondary N) is 2. The number of benzene rings is 2. The van der Waals surface area contributed by atoms with Crippen LogP contribution in [0.3, 0.4) is 0 Å². The molecule has 1 aliphatic heterocycles. The van der Waals surface area contributed by atoms with E-state index in [4.69, 9.17) is 0 Å². The number of nitrogens with zero attached hydrogens (tertiary/aromatic N) is 1. The monoisotopic (exact) mass is 401 g/mol. The molecule has 1 amide bonds. The molecular weight excluding hydrogens is 382 g/mol. The summed E-state index contributed by atoms with van der Waals surface area (Å²) in [7, 11) is -3.57. The van der Waals surface area contributed by atoms with Gasteiger partial charge in [-0.1, -0.05) is 12.1 Å². The van der Waals surface area contributed by atoms with Crippen LogP contribution in [0.5, 0.6) is 0 Å². The van der Waals surface area contributed by atoms with Crippen LogP contribution in [0.15, 0.2) is 47.4 Å². The lowest BCUT2D eigenvalue weighted by Crippen LogP contribution is -2.26. The Balaban J connectivity index is 1.36. The summed E-state index contributed by atoms with van der Waals surface area (Å²) in [6, 6.07) is 12.8. The molecule has 0 bridgehead atoms. The quantitative estimate of drug-likeness (QED) is 0.621. The number of carbonyl (C=O) groups is 1.